The first-order valence-corrected chi connectivity index (χ1v) is 9.20. The van der Waals surface area contributed by atoms with Gasteiger partial charge in [0.25, 0.3) is 0 Å². The summed E-state index contributed by atoms with van der Waals surface area (Å²) in [5.74, 6) is 2.34. The number of fused-ring (bicyclic) bond motifs is 1. The molecule has 106 valence electrons. The van der Waals surface area contributed by atoms with E-state index in [1.807, 2.05) is 0 Å². The summed E-state index contributed by atoms with van der Waals surface area (Å²) >= 11 is 5.28. The van der Waals surface area contributed by atoms with Gasteiger partial charge < -0.3 is 5.11 Å². The molecule has 3 heteroatoms. The van der Waals surface area contributed by atoms with Crippen LogP contribution in [-0.2, 0) is 0 Å². The average molecular weight is 343 g/mol. The van der Waals surface area contributed by atoms with Gasteiger partial charge >= 0.3 is 0 Å². The molecule has 0 spiro atoms. The first-order chi connectivity index (χ1) is 9.15. The zero-order valence-electron chi connectivity index (χ0n) is 11.6. The number of aryl methyl sites for hydroxylation is 1. The molecule has 2 fully saturated rings. The Kier molecular flexibility index (Phi) is 4.35. The molecule has 0 aromatic carbocycles. The van der Waals surface area contributed by atoms with Crippen molar-refractivity contribution in [1.29, 1.82) is 0 Å². The Hall–Kier alpha value is 0.140. The molecule has 0 aliphatic heterocycles. The smallest absolute Gasteiger partial charge is 0.0829 e. The monoisotopic (exact) mass is 342 g/mol. The maximum absolute atomic E-state index is 10.7. The Morgan fingerprint density at radius 1 is 1.21 bits per heavy atom. The largest absolute Gasteiger partial charge is 0.388 e. The molecule has 0 saturated heterocycles. The lowest BCUT2D eigenvalue weighted by Gasteiger charge is -2.40. The quantitative estimate of drug-likeness (QED) is 0.756. The van der Waals surface area contributed by atoms with Crippen molar-refractivity contribution < 1.29 is 5.11 Å². The number of rotatable bonds is 2. The van der Waals surface area contributed by atoms with Gasteiger partial charge in [-0.3, -0.25) is 0 Å². The molecular formula is C16H23BrOS. The van der Waals surface area contributed by atoms with Gasteiger partial charge in [0.1, 0.15) is 0 Å². The van der Waals surface area contributed by atoms with Gasteiger partial charge in [-0.05, 0) is 71.5 Å². The second kappa shape index (κ2) is 5.87. The molecular weight excluding hydrogens is 320 g/mol. The van der Waals surface area contributed by atoms with Gasteiger partial charge in [0.05, 0.1) is 9.89 Å². The summed E-state index contributed by atoms with van der Waals surface area (Å²) in [6.45, 7) is 2.13. The van der Waals surface area contributed by atoms with Crippen LogP contribution in [0.4, 0.5) is 0 Å². The van der Waals surface area contributed by atoms with E-state index in [2.05, 4.69) is 28.9 Å². The SMILES string of the molecule is Cc1sc(Br)cc1C(O)C1CCC2CCCCC2C1. The minimum Gasteiger partial charge on any atom is -0.388 e. The second-order valence-corrected chi connectivity index (χ2v) is 9.02. The van der Waals surface area contributed by atoms with Crippen molar-refractivity contribution in [2.75, 3.05) is 0 Å². The number of aliphatic hydroxyl groups is 1. The summed E-state index contributed by atoms with van der Waals surface area (Å²) in [7, 11) is 0. The lowest BCUT2D eigenvalue weighted by atomic mass is 9.66. The normalized spacial score (nSPS) is 32.9. The highest BCUT2D eigenvalue weighted by Gasteiger charge is 2.35. The van der Waals surface area contributed by atoms with Crippen LogP contribution in [0.1, 0.15) is 61.5 Å². The van der Waals surface area contributed by atoms with Gasteiger partial charge in [0.15, 0.2) is 0 Å². The van der Waals surface area contributed by atoms with Gasteiger partial charge in [-0.25, -0.2) is 0 Å². The minimum atomic E-state index is -0.245. The van der Waals surface area contributed by atoms with E-state index in [4.69, 9.17) is 0 Å². The third kappa shape index (κ3) is 2.93. The Morgan fingerprint density at radius 3 is 2.63 bits per heavy atom. The van der Waals surface area contributed by atoms with E-state index in [-0.39, 0.29) is 6.10 Å². The summed E-state index contributed by atoms with van der Waals surface area (Å²) in [4.78, 5) is 1.27. The fourth-order valence-corrected chi connectivity index (χ4v) is 5.95. The van der Waals surface area contributed by atoms with Crippen molar-refractivity contribution in [1.82, 2.24) is 0 Å². The first kappa shape index (κ1) is 14.1. The third-order valence-corrected chi connectivity index (χ3v) is 6.84. The molecule has 0 bridgehead atoms. The average Bonchev–Trinajstić information content (AvgIpc) is 2.76. The fraction of sp³-hybridized carbons (Fsp3) is 0.750. The van der Waals surface area contributed by atoms with Crippen molar-refractivity contribution in [2.24, 2.45) is 17.8 Å². The molecule has 2 aliphatic carbocycles. The maximum Gasteiger partial charge on any atom is 0.0829 e. The van der Waals surface area contributed by atoms with E-state index in [0.29, 0.717) is 5.92 Å². The van der Waals surface area contributed by atoms with Crippen LogP contribution in [0.3, 0.4) is 0 Å². The minimum absolute atomic E-state index is 0.245. The Bertz CT molecular complexity index is 442. The number of hydrogen-bond donors (Lipinski definition) is 1. The molecule has 0 radical (unpaired) electrons. The molecule has 1 aromatic rings. The zero-order valence-corrected chi connectivity index (χ0v) is 14.0. The Labute approximate surface area is 128 Å². The molecule has 3 rings (SSSR count). The first-order valence-electron chi connectivity index (χ1n) is 7.59. The predicted molar refractivity (Wildman–Crippen MR) is 84.5 cm³/mol. The highest BCUT2D eigenvalue weighted by Crippen LogP contribution is 2.47. The van der Waals surface area contributed by atoms with E-state index in [0.717, 1.165) is 21.2 Å². The van der Waals surface area contributed by atoms with Crippen molar-refractivity contribution in [3.05, 3.63) is 20.3 Å². The lowest BCUT2D eigenvalue weighted by molar-refractivity contribution is 0.0348. The number of aliphatic hydroxyl groups excluding tert-OH is 1. The van der Waals surface area contributed by atoms with Gasteiger partial charge in [-0.1, -0.05) is 25.7 Å². The maximum atomic E-state index is 10.7. The predicted octanol–water partition coefficient (Wildman–Crippen LogP) is 5.46. The standard InChI is InChI=1S/C16H23BrOS/c1-10-14(9-15(17)19-10)16(18)13-7-6-11-4-2-3-5-12(11)8-13/h9,11-13,16,18H,2-8H2,1H3. The zero-order chi connectivity index (χ0) is 13.4. The van der Waals surface area contributed by atoms with Crippen molar-refractivity contribution in [2.45, 2.75) is 58.0 Å². The van der Waals surface area contributed by atoms with Crippen LogP contribution in [-0.4, -0.2) is 5.11 Å². The summed E-state index contributed by atoms with van der Waals surface area (Å²) in [5, 5.41) is 10.7. The van der Waals surface area contributed by atoms with Gasteiger partial charge in [-0.2, -0.15) is 0 Å². The van der Waals surface area contributed by atoms with E-state index in [1.165, 1.54) is 49.8 Å². The summed E-state index contributed by atoms with van der Waals surface area (Å²) in [6, 6.07) is 2.12. The van der Waals surface area contributed by atoms with E-state index >= 15 is 0 Å². The fourth-order valence-electron chi connectivity index (χ4n) is 4.20. The highest BCUT2D eigenvalue weighted by molar-refractivity contribution is 9.11. The molecule has 4 unspecified atom stereocenters. The van der Waals surface area contributed by atoms with Gasteiger partial charge in [-0.15, -0.1) is 11.3 Å². The third-order valence-electron chi connectivity index (χ3n) is 5.27. The van der Waals surface area contributed by atoms with E-state index < -0.39 is 0 Å². The molecule has 1 aromatic heterocycles. The van der Waals surface area contributed by atoms with Gasteiger partial charge in [0.2, 0.25) is 0 Å². The van der Waals surface area contributed by atoms with Crippen LogP contribution in [0, 0.1) is 24.7 Å². The summed E-state index contributed by atoms with van der Waals surface area (Å²) < 4.78 is 1.14. The lowest BCUT2D eigenvalue weighted by Crippen LogP contribution is -2.30. The molecule has 19 heavy (non-hydrogen) atoms. The summed E-state index contributed by atoms with van der Waals surface area (Å²) in [6.07, 6.45) is 9.25. The van der Waals surface area contributed by atoms with E-state index in [9.17, 15) is 5.11 Å². The van der Waals surface area contributed by atoms with Crippen LogP contribution in [0.15, 0.2) is 9.85 Å². The Morgan fingerprint density at radius 2 is 1.95 bits per heavy atom. The van der Waals surface area contributed by atoms with Crippen LogP contribution in [0.25, 0.3) is 0 Å². The molecule has 1 N–H and O–H groups in total. The highest BCUT2D eigenvalue weighted by atomic mass is 79.9. The molecule has 2 aliphatic rings. The molecule has 1 nitrogen and oxygen atoms in total. The summed E-state index contributed by atoms with van der Waals surface area (Å²) in [5.41, 5.74) is 1.16. The topological polar surface area (TPSA) is 20.2 Å². The second-order valence-electron chi connectivity index (χ2n) is 6.38. The van der Waals surface area contributed by atoms with Crippen molar-refractivity contribution >= 4 is 27.3 Å². The van der Waals surface area contributed by atoms with Crippen molar-refractivity contribution in [3.8, 4) is 0 Å². The van der Waals surface area contributed by atoms with E-state index in [1.54, 1.807) is 11.3 Å². The van der Waals surface area contributed by atoms with Crippen LogP contribution in [0.5, 0.6) is 0 Å². The number of hydrogen-bond acceptors (Lipinski definition) is 2. The van der Waals surface area contributed by atoms with Crippen LogP contribution in [0.2, 0.25) is 0 Å². The van der Waals surface area contributed by atoms with Gasteiger partial charge in [0, 0.05) is 4.88 Å². The molecule has 4 atom stereocenters. The molecule has 0 amide bonds. The van der Waals surface area contributed by atoms with Crippen LogP contribution < -0.4 is 0 Å². The molecule has 1 heterocycles. The van der Waals surface area contributed by atoms with Crippen LogP contribution >= 0.6 is 27.3 Å². The number of halogens is 1. The number of thiophene rings is 1. The van der Waals surface area contributed by atoms with Crippen molar-refractivity contribution in [3.63, 3.8) is 0 Å². The Balaban J connectivity index is 1.70. The molecule has 2 saturated carbocycles.